The van der Waals surface area contributed by atoms with Crippen molar-refractivity contribution in [2.75, 3.05) is 25.5 Å². The molecular formula is C13H13F2N3O2. The van der Waals surface area contributed by atoms with Gasteiger partial charge in [0.15, 0.2) is 11.6 Å². The number of nitrogens with one attached hydrogen (secondary N) is 1. The Morgan fingerprint density at radius 2 is 2.15 bits per heavy atom. The number of nitrogens with zero attached hydrogens (tertiary/aromatic N) is 2. The van der Waals surface area contributed by atoms with Crippen molar-refractivity contribution in [2.45, 2.75) is 12.5 Å². The maximum Gasteiger partial charge on any atom is 0.409 e. The summed E-state index contributed by atoms with van der Waals surface area (Å²) in [6.07, 6.45) is 0.101. The van der Waals surface area contributed by atoms with Crippen LogP contribution in [0.15, 0.2) is 12.1 Å². The first-order chi connectivity index (χ1) is 9.55. The second-order valence-electron chi connectivity index (χ2n) is 4.47. The van der Waals surface area contributed by atoms with Gasteiger partial charge in [0.25, 0.3) is 0 Å². The Bertz CT molecular complexity index is 548. The Kier molecular flexibility index (Phi) is 4.03. The van der Waals surface area contributed by atoms with E-state index < -0.39 is 17.7 Å². The smallest absolute Gasteiger partial charge is 0.409 e. The molecular weight excluding hydrogens is 268 g/mol. The molecule has 1 aromatic carbocycles. The minimum absolute atomic E-state index is 0.0758. The highest BCUT2D eigenvalue weighted by molar-refractivity contribution is 5.68. The fourth-order valence-electron chi connectivity index (χ4n) is 2.15. The van der Waals surface area contributed by atoms with Gasteiger partial charge in [0, 0.05) is 19.1 Å². The lowest BCUT2D eigenvalue weighted by Crippen LogP contribution is -2.31. The van der Waals surface area contributed by atoms with Crippen molar-refractivity contribution < 1.29 is 18.3 Å². The van der Waals surface area contributed by atoms with Crippen molar-refractivity contribution in [3.05, 3.63) is 29.3 Å². The molecule has 0 bridgehead atoms. The van der Waals surface area contributed by atoms with Crippen LogP contribution in [0.25, 0.3) is 0 Å². The highest BCUT2D eigenvalue weighted by Crippen LogP contribution is 2.23. The second kappa shape index (κ2) is 5.74. The number of methoxy groups -OCH3 is 1. The zero-order valence-electron chi connectivity index (χ0n) is 10.8. The van der Waals surface area contributed by atoms with Crippen molar-refractivity contribution >= 4 is 11.8 Å². The van der Waals surface area contributed by atoms with E-state index in [4.69, 9.17) is 5.26 Å². The Hall–Kier alpha value is -2.36. The number of nitriles is 1. The monoisotopic (exact) mass is 281 g/mol. The summed E-state index contributed by atoms with van der Waals surface area (Å²) in [7, 11) is 1.28. The first kappa shape index (κ1) is 14.1. The van der Waals surface area contributed by atoms with Crippen LogP contribution in [0, 0.1) is 23.0 Å². The number of anilines is 1. The minimum atomic E-state index is -0.821. The summed E-state index contributed by atoms with van der Waals surface area (Å²) in [6.45, 7) is 0.773. The summed E-state index contributed by atoms with van der Waals surface area (Å²) in [5.74, 6) is -1.64. The van der Waals surface area contributed by atoms with E-state index in [2.05, 4.69) is 10.1 Å². The predicted molar refractivity (Wildman–Crippen MR) is 67.1 cm³/mol. The van der Waals surface area contributed by atoms with E-state index in [1.807, 2.05) is 0 Å². The lowest BCUT2D eigenvalue weighted by molar-refractivity contribution is 0.133. The van der Waals surface area contributed by atoms with Gasteiger partial charge < -0.3 is 15.0 Å². The third kappa shape index (κ3) is 2.79. The fraction of sp³-hybridized carbons (Fsp3) is 0.385. The summed E-state index contributed by atoms with van der Waals surface area (Å²) < 4.78 is 32.0. The number of ether oxygens (including phenoxy) is 1. The van der Waals surface area contributed by atoms with Crippen LogP contribution in [0.2, 0.25) is 0 Å². The molecule has 1 heterocycles. The molecule has 0 radical (unpaired) electrons. The van der Waals surface area contributed by atoms with Crippen LogP contribution in [0.5, 0.6) is 0 Å². The standard InChI is InChI=1S/C13H13F2N3O2/c1-20-13(19)18-3-2-9(7-18)17-12-10(14)4-8(6-16)5-11(12)15/h4-5,9,17H,2-3,7H2,1H3/t9-/m1/s1. The lowest BCUT2D eigenvalue weighted by Gasteiger charge is -2.17. The van der Waals surface area contributed by atoms with E-state index in [1.54, 1.807) is 6.07 Å². The van der Waals surface area contributed by atoms with E-state index in [9.17, 15) is 13.6 Å². The number of rotatable bonds is 2. The average molecular weight is 281 g/mol. The van der Waals surface area contributed by atoms with Gasteiger partial charge in [-0.05, 0) is 18.6 Å². The summed E-state index contributed by atoms with van der Waals surface area (Å²) in [5.41, 5.74) is -0.353. The third-order valence-electron chi connectivity index (χ3n) is 3.14. The number of halogens is 2. The molecule has 1 aliphatic rings. The molecule has 0 spiro atoms. The number of carbonyl (C=O) groups excluding carboxylic acids is 1. The van der Waals surface area contributed by atoms with Crippen molar-refractivity contribution in [1.82, 2.24) is 4.90 Å². The molecule has 1 aliphatic heterocycles. The molecule has 1 atom stereocenters. The van der Waals surface area contributed by atoms with Crippen LogP contribution >= 0.6 is 0 Å². The molecule has 0 unspecified atom stereocenters. The molecule has 1 aromatic rings. The highest BCUT2D eigenvalue weighted by atomic mass is 19.1. The van der Waals surface area contributed by atoms with Gasteiger partial charge in [-0.2, -0.15) is 5.26 Å². The molecule has 1 amide bonds. The van der Waals surface area contributed by atoms with Crippen LogP contribution in [-0.4, -0.2) is 37.2 Å². The number of hydrogen-bond acceptors (Lipinski definition) is 4. The molecule has 106 valence electrons. The lowest BCUT2D eigenvalue weighted by atomic mass is 10.1. The minimum Gasteiger partial charge on any atom is -0.453 e. The van der Waals surface area contributed by atoms with Gasteiger partial charge in [-0.25, -0.2) is 13.6 Å². The van der Waals surface area contributed by atoms with Crippen molar-refractivity contribution in [2.24, 2.45) is 0 Å². The molecule has 0 aromatic heterocycles. The zero-order chi connectivity index (χ0) is 14.7. The van der Waals surface area contributed by atoms with Crippen LogP contribution < -0.4 is 5.32 Å². The van der Waals surface area contributed by atoms with E-state index in [0.29, 0.717) is 19.5 Å². The first-order valence-corrected chi connectivity index (χ1v) is 6.03. The van der Waals surface area contributed by atoms with Gasteiger partial charge in [0.05, 0.1) is 18.7 Å². The largest absolute Gasteiger partial charge is 0.453 e. The molecule has 5 nitrogen and oxygen atoms in total. The number of carbonyl (C=O) groups is 1. The average Bonchev–Trinajstić information content (AvgIpc) is 2.90. The van der Waals surface area contributed by atoms with Gasteiger partial charge >= 0.3 is 6.09 Å². The quantitative estimate of drug-likeness (QED) is 0.901. The summed E-state index contributed by atoms with van der Waals surface area (Å²) in [4.78, 5) is 12.8. The Labute approximate surface area is 114 Å². The summed E-state index contributed by atoms with van der Waals surface area (Å²) >= 11 is 0. The van der Waals surface area contributed by atoms with Gasteiger partial charge in [-0.3, -0.25) is 0 Å². The van der Waals surface area contributed by atoms with Crippen LogP contribution in [0.1, 0.15) is 12.0 Å². The van der Waals surface area contributed by atoms with E-state index in [1.165, 1.54) is 12.0 Å². The third-order valence-corrected chi connectivity index (χ3v) is 3.14. The highest BCUT2D eigenvalue weighted by Gasteiger charge is 2.28. The molecule has 1 fully saturated rings. The molecule has 7 heteroatoms. The fourth-order valence-corrected chi connectivity index (χ4v) is 2.15. The van der Waals surface area contributed by atoms with E-state index in [-0.39, 0.29) is 17.3 Å². The molecule has 0 aliphatic carbocycles. The second-order valence-corrected chi connectivity index (χ2v) is 4.47. The number of likely N-dealkylation sites (tertiary alicyclic amines) is 1. The van der Waals surface area contributed by atoms with Gasteiger partial charge in [-0.1, -0.05) is 0 Å². The van der Waals surface area contributed by atoms with Crippen molar-refractivity contribution in [3.63, 3.8) is 0 Å². The van der Waals surface area contributed by atoms with Crippen LogP contribution in [-0.2, 0) is 4.74 Å². The topological polar surface area (TPSA) is 65.4 Å². The molecule has 0 saturated carbocycles. The molecule has 20 heavy (non-hydrogen) atoms. The zero-order valence-corrected chi connectivity index (χ0v) is 10.8. The molecule has 1 N–H and O–H groups in total. The SMILES string of the molecule is COC(=O)N1CC[C@@H](Nc2c(F)cc(C#N)cc2F)C1. The van der Waals surface area contributed by atoms with Gasteiger partial charge in [-0.15, -0.1) is 0 Å². The van der Waals surface area contributed by atoms with E-state index in [0.717, 1.165) is 12.1 Å². The number of hydrogen-bond donors (Lipinski definition) is 1. The maximum absolute atomic E-state index is 13.7. The Morgan fingerprint density at radius 1 is 1.50 bits per heavy atom. The van der Waals surface area contributed by atoms with E-state index >= 15 is 0 Å². The molecule has 2 rings (SSSR count). The normalized spacial score (nSPS) is 17.7. The van der Waals surface area contributed by atoms with Crippen LogP contribution in [0.4, 0.5) is 19.3 Å². The maximum atomic E-state index is 13.7. The first-order valence-electron chi connectivity index (χ1n) is 6.03. The van der Waals surface area contributed by atoms with Crippen LogP contribution in [0.3, 0.4) is 0 Å². The Balaban J connectivity index is 2.09. The summed E-state index contributed by atoms with van der Waals surface area (Å²) in [5, 5.41) is 11.4. The summed E-state index contributed by atoms with van der Waals surface area (Å²) in [6, 6.07) is 3.36. The van der Waals surface area contributed by atoms with Gasteiger partial charge in [0.2, 0.25) is 0 Å². The van der Waals surface area contributed by atoms with Crippen molar-refractivity contribution in [3.8, 4) is 6.07 Å². The Morgan fingerprint density at radius 3 is 2.70 bits per heavy atom. The number of amides is 1. The van der Waals surface area contributed by atoms with Gasteiger partial charge in [0.1, 0.15) is 5.69 Å². The van der Waals surface area contributed by atoms with Crippen molar-refractivity contribution in [1.29, 1.82) is 5.26 Å². The predicted octanol–water partition coefficient (Wildman–Crippen LogP) is 2.09. The molecule has 1 saturated heterocycles. The number of benzene rings is 1.